The normalized spacial score (nSPS) is 11.9. The molecule has 5 rings (SSSR count). The van der Waals surface area contributed by atoms with Crippen LogP contribution in [0.5, 0.6) is 0 Å². The summed E-state index contributed by atoms with van der Waals surface area (Å²) in [6, 6.07) is 16.1. The zero-order valence-corrected chi connectivity index (χ0v) is 23.5. The molecule has 0 saturated carbocycles. The third-order valence-corrected chi connectivity index (χ3v) is 6.02. The molecule has 0 unspecified atom stereocenters. The van der Waals surface area contributed by atoms with Gasteiger partial charge < -0.3 is 16.2 Å². The van der Waals surface area contributed by atoms with E-state index in [1.807, 2.05) is 24.3 Å². The van der Waals surface area contributed by atoms with E-state index in [2.05, 4.69) is 14.7 Å². The van der Waals surface area contributed by atoms with Gasteiger partial charge in [-0.15, -0.1) is 0 Å². The van der Waals surface area contributed by atoms with Crippen molar-refractivity contribution in [3.05, 3.63) is 80.8 Å². The van der Waals surface area contributed by atoms with Crippen molar-refractivity contribution in [3.8, 4) is 0 Å². The number of hydrogen-bond donors (Lipinski definition) is 2. The average Bonchev–Trinajstić information content (AvgIpc) is 2.93. The maximum Gasteiger partial charge on any atom is 0.371 e. The second-order valence-electron chi connectivity index (χ2n) is 7.90. The summed E-state index contributed by atoms with van der Waals surface area (Å²) in [5, 5.41) is 1.74. The molecule has 0 amide bonds. The summed E-state index contributed by atoms with van der Waals surface area (Å²) in [6.45, 7) is 1.90. The van der Waals surface area contributed by atoms with Crippen LogP contribution in [0.1, 0.15) is 25.5 Å². The number of aldehydes is 1. The average molecular weight is 620 g/mol. The third kappa shape index (κ3) is 11.2. The Morgan fingerprint density at radius 3 is 2.07 bits per heavy atom. The molecular formula is C29H29Cl3N4O5. The minimum atomic E-state index is -0.803. The maximum atomic E-state index is 11.0. The summed E-state index contributed by atoms with van der Waals surface area (Å²) in [5.41, 5.74) is 15.1. The highest BCUT2D eigenvalue weighted by molar-refractivity contribution is 6.36. The van der Waals surface area contributed by atoms with Crippen LogP contribution in [0, 0.1) is 0 Å². The van der Waals surface area contributed by atoms with Gasteiger partial charge in [-0.3, -0.25) is 24.4 Å². The number of nitrogen functional groups attached to an aromatic ring is 2. The third-order valence-electron chi connectivity index (χ3n) is 5.03. The van der Waals surface area contributed by atoms with Crippen molar-refractivity contribution in [2.75, 3.05) is 18.1 Å². The SMILES string of the molecule is C.CCOC(=O)C=O.Nc1cccc(Cl)c1N.O=C1C=Nc2c(Cl)cccc2C1.O=C1C=Nc2cccc(Cl)c2C1. The molecule has 0 spiro atoms. The predicted octanol–water partition coefficient (Wildman–Crippen LogP) is 6.22. The fraction of sp³-hybridized carbons (Fsp3) is 0.172. The predicted molar refractivity (Wildman–Crippen MR) is 166 cm³/mol. The molecule has 0 saturated heterocycles. The van der Waals surface area contributed by atoms with Crippen LogP contribution >= 0.6 is 34.8 Å². The van der Waals surface area contributed by atoms with Crippen LogP contribution in [0.25, 0.3) is 0 Å². The van der Waals surface area contributed by atoms with E-state index in [0.29, 0.717) is 39.3 Å². The molecule has 12 heteroatoms. The summed E-state index contributed by atoms with van der Waals surface area (Å²) in [6.07, 6.45) is 3.61. The number of halogens is 3. The summed E-state index contributed by atoms with van der Waals surface area (Å²) in [7, 11) is 0. The first kappa shape index (κ1) is 35.0. The first-order valence-corrected chi connectivity index (χ1v) is 12.8. The molecule has 9 nitrogen and oxygen atoms in total. The van der Waals surface area contributed by atoms with E-state index in [1.165, 1.54) is 12.4 Å². The van der Waals surface area contributed by atoms with E-state index >= 15 is 0 Å². The molecule has 0 bridgehead atoms. The fourth-order valence-electron chi connectivity index (χ4n) is 3.15. The Morgan fingerprint density at radius 2 is 1.46 bits per heavy atom. The zero-order chi connectivity index (χ0) is 29.7. The van der Waals surface area contributed by atoms with Gasteiger partial charge in [0, 0.05) is 23.4 Å². The number of anilines is 2. The topological polar surface area (TPSA) is 154 Å². The highest BCUT2D eigenvalue weighted by atomic mass is 35.5. The van der Waals surface area contributed by atoms with Crippen molar-refractivity contribution >= 4 is 93.8 Å². The van der Waals surface area contributed by atoms with Gasteiger partial charge in [-0.05, 0) is 42.8 Å². The molecule has 0 aliphatic carbocycles. The largest absolute Gasteiger partial charge is 0.460 e. The number of nitrogens with zero attached hydrogens (tertiary/aromatic N) is 2. The number of Topliss-reactive ketones (excluding diaryl/α,β-unsaturated/α-hetero) is 2. The van der Waals surface area contributed by atoms with Crippen molar-refractivity contribution in [2.24, 2.45) is 9.98 Å². The monoisotopic (exact) mass is 618 g/mol. The van der Waals surface area contributed by atoms with Crippen LogP contribution in [0.2, 0.25) is 15.1 Å². The number of hydrogen-bond acceptors (Lipinski definition) is 9. The zero-order valence-electron chi connectivity index (χ0n) is 21.3. The Morgan fingerprint density at radius 1 is 0.878 bits per heavy atom. The number of fused-ring (bicyclic) bond motifs is 2. The van der Waals surface area contributed by atoms with E-state index in [4.69, 9.17) is 46.3 Å². The standard InChI is InChI=1S/2C9H6ClNO.C6H7ClN2.C4H6O3.CH4/c10-8-2-1-3-9-7(8)4-6(12)5-11-9;10-8-3-1-2-6-4-7(12)5-11-9(6)8;7-4-2-1-3-5(8)6(4)9;1-2-7-4(6)3-5;/h2*1-3,5H,4H2;1-3H,8-9H2;3H,2H2,1H3;1H4. The van der Waals surface area contributed by atoms with E-state index in [-0.39, 0.29) is 31.9 Å². The van der Waals surface area contributed by atoms with Gasteiger partial charge in [0.05, 0.1) is 51.8 Å². The van der Waals surface area contributed by atoms with Crippen LogP contribution in [0.15, 0.2) is 64.6 Å². The molecule has 0 fully saturated rings. The Hall–Kier alpha value is -4.05. The molecule has 2 heterocycles. The highest BCUT2D eigenvalue weighted by Gasteiger charge is 2.14. The molecule has 41 heavy (non-hydrogen) atoms. The number of carbonyl (C=O) groups is 4. The number of nitrogens with two attached hydrogens (primary N) is 2. The number of ether oxygens (including phenoxy) is 1. The molecule has 0 radical (unpaired) electrons. The van der Waals surface area contributed by atoms with Crippen molar-refractivity contribution in [1.82, 2.24) is 0 Å². The molecule has 2 aliphatic heterocycles. The van der Waals surface area contributed by atoms with Gasteiger partial charge in [-0.2, -0.15) is 0 Å². The quantitative estimate of drug-likeness (QED) is 0.149. The Kier molecular flexibility index (Phi) is 15.0. The van der Waals surface area contributed by atoms with Crippen molar-refractivity contribution in [2.45, 2.75) is 27.2 Å². The fourth-order valence-corrected chi connectivity index (χ4v) is 3.81. The molecule has 216 valence electrons. The number of ketones is 2. The lowest BCUT2D eigenvalue weighted by molar-refractivity contribution is -0.148. The number of carbonyl (C=O) groups excluding carboxylic acids is 4. The smallest absolute Gasteiger partial charge is 0.371 e. The Labute approximate surface area is 253 Å². The lowest BCUT2D eigenvalue weighted by Crippen LogP contribution is -2.08. The van der Waals surface area contributed by atoms with Gasteiger partial charge in [0.1, 0.15) is 0 Å². The van der Waals surface area contributed by atoms with Crippen molar-refractivity contribution in [1.29, 1.82) is 0 Å². The molecule has 4 N–H and O–H groups in total. The number of benzene rings is 3. The van der Waals surface area contributed by atoms with Crippen molar-refractivity contribution in [3.63, 3.8) is 0 Å². The molecule has 3 aromatic rings. The van der Waals surface area contributed by atoms with Gasteiger partial charge in [-0.25, -0.2) is 4.79 Å². The number of esters is 1. The van der Waals surface area contributed by atoms with Crippen LogP contribution < -0.4 is 11.5 Å². The Balaban J connectivity index is 0.000000278. The number of aliphatic imine (C=N–C) groups is 2. The first-order chi connectivity index (χ1) is 19.1. The van der Waals surface area contributed by atoms with Gasteiger partial charge in [0.15, 0.2) is 11.6 Å². The molecular weight excluding hydrogens is 591 g/mol. The number of para-hydroxylation sites is 2. The maximum absolute atomic E-state index is 11.0. The number of rotatable bonds is 2. The minimum absolute atomic E-state index is 0. The lowest BCUT2D eigenvalue weighted by Gasteiger charge is -2.09. The van der Waals surface area contributed by atoms with Gasteiger partial charge in [-0.1, -0.05) is 66.5 Å². The van der Waals surface area contributed by atoms with E-state index in [9.17, 15) is 19.2 Å². The summed E-state index contributed by atoms with van der Waals surface area (Å²) >= 11 is 17.4. The summed E-state index contributed by atoms with van der Waals surface area (Å²) < 4.78 is 4.18. The highest BCUT2D eigenvalue weighted by Crippen LogP contribution is 2.31. The summed E-state index contributed by atoms with van der Waals surface area (Å²) in [5.74, 6) is -0.761. The molecule has 2 aliphatic rings. The minimum Gasteiger partial charge on any atom is -0.460 e. The van der Waals surface area contributed by atoms with Gasteiger partial charge in [0.2, 0.25) is 6.29 Å². The molecule has 3 aromatic carbocycles. The second kappa shape index (κ2) is 17.6. The van der Waals surface area contributed by atoms with E-state index < -0.39 is 5.97 Å². The van der Waals surface area contributed by atoms with E-state index in [1.54, 1.807) is 37.3 Å². The van der Waals surface area contributed by atoms with Crippen LogP contribution in [0.3, 0.4) is 0 Å². The molecule has 0 atom stereocenters. The van der Waals surface area contributed by atoms with Gasteiger partial charge >= 0.3 is 5.97 Å². The van der Waals surface area contributed by atoms with Crippen LogP contribution in [-0.4, -0.2) is 42.9 Å². The van der Waals surface area contributed by atoms with Crippen molar-refractivity contribution < 1.29 is 23.9 Å². The summed E-state index contributed by atoms with van der Waals surface area (Å²) in [4.78, 5) is 49.1. The first-order valence-electron chi connectivity index (χ1n) is 11.7. The Bertz CT molecular complexity index is 1440. The van der Waals surface area contributed by atoms with E-state index in [0.717, 1.165) is 22.5 Å². The van der Waals surface area contributed by atoms with Crippen LogP contribution in [-0.2, 0) is 36.8 Å². The second-order valence-corrected chi connectivity index (χ2v) is 9.12. The molecule has 0 aromatic heterocycles. The van der Waals surface area contributed by atoms with Gasteiger partial charge in [0.25, 0.3) is 0 Å². The lowest BCUT2D eigenvalue weighted by atomic mass is 10.1. The van der Waals surface area contributed by atoms with Crippen LogP contribution in [0.4, 0.5) is 22.7 Å².